The van der Waals surface area contributed by atoms with E-state index in [4.69, 9.17) is 4.74 Å². The first-order chi connectivity index (χ1) is 17.0. The van der Waals surface area contributed by atoms with Crippen molar-refractivity contribution < 1.29 is 19.1 Å². The van der Waals surface area contributed by atoms with Crippen molar-refractivity contribution in [3.05, 3.63) is 42.0 Å². The molecule has 7 nitrogen and oxygen atoms in total. The van der Waals surface area contributed by atoms with Gasteiger partial charge in [0.1, 0.15) is 17.7 Å². The van der Waals surface area contributed by atoms with Crippen LogP contribution < -0.4 is 10.6 Å². The van der Waals surface area contributed by atoms with E-state index in [1.165, 1.54) is 0 Å². The number of nitrogens with zero attached hydrogens (tertiary/aromatic N) is 1. The fourth-order valence-electron chi connectivity index (χ4n) is 4.11. The molecule has 1 aromatic rings. The lowest BCUT2D eigenvalue weighted by atomic mass is 9.99. The SMILES string of the molecule is C=Cc1cccc(C(C(=O)NC(C)CCC)N(C(=O)C(CCSC)NC(=O)OC(C)(C)C)C2CC2)c1. The minimum absolute atomic E-state index is 0.0177. The number of benzene rings is 1. The van der Waals surface area contributed by atoms with Gasteiger partial charge < -0.3 is 20.3 Å². The van der Waals surface area contributed by atoms with Crippen molar-refractivity contribution in [3.8, 4) is 0 Å². The molecule has 1 fully saturated rings. The number of alkyl carbamates (subject to hydrolysis) is 1. The summed E-state index contributed by atoms with van der Waals surface area (Å²) >= 11 is 1.60. The van der Waals surface area contributed by atoms with Crippen LogP contribution in [0.3, 0.4) is 0 Å². The van der Waals surface area contributed by atoms with E-state index in [9.17, 15) is 14.4 Å². The number of thioether (sulfide) groups is 1. The molecule has 0 saturated heterocycles. The highest BCUT2D eigenvalue weighted by atomic mass is 32.2. The van der Waals surface area contributed by atoms with Gasteiger partial charge >= 0.3 is 6.09 Å². The number of hydrogen-bond donors (Lipinski definition) is 2. The molecule has 1 saturated carbocycles. The van der Waals surface area contributed by atoms with Crippen LogP contribution in [0.2, 0.25) is 0 Å². The molecule has 3 unspecified atom stereocenters. The Hall–Kier alpha value is -2.48. The summed E-state index contributed by atoms with van der Waals surface area (Å²) in [6.45, 7) is 13.3. The summed E-state index contributed by atoms with van der Waals surface area (Å²) in [7, 11) is 0. The molecule has 0 bridgehead atoms. The second-order valence-electron chi connectivity index (χ2n) is 10.4. The van der Waals surface area contributed by atoms with Gasteiger partial charge in [-0.05, 0) is 82.6 Å². The third-order valence-electron chi connectivity index (χ3n) is 5.89. The largest absolute Gasteiger partial charge is 0.444 e. The van der Waals surface area contributed by atoms with Crippen molar-refractivity contribution in [1.82, 2.24) is 15.5 Å². The highest BCUT2D eigenvalue weighted by molar-refractivity contribution is 7.98. The summed E-state index contributed by atoms with van der Waals surface area (Å²) in [6.07, 6.45) is 6.93. The van der Waals surface area contributed by atoms with E-state index in [2.05, 4.69) is 24.1 Å². The van der Waals surface area contributed by atoms with E-state index in [0.29, 0.717) is 12.2 Å². The summed E-state index contributed by atoms with van der Waals surface area (Å²) in [5.74, 6) is 0.212. The quantitative estimate of drug-likeness (QED) is 0.370. The van der Waals surface area contributed by atoms with Gasteiger partial charge in [-0.3, -0.25) is 9.59 Å². The standard InChI is InChI=1S/C28H43N3O4S/c1-8-11-19(3)29-25(32)24(21-13-10-12-20(9-2)18-21)31(22-14-15-22)26(33)23(16-17-36-7)30-27(34)35-28(4,5)6/h9-10,12-13,18-19,22-24H,2,8,11,14-17H2,1,3-7H3,(H,29,32)(H,30,34). The molecule has 200 valence electrons. The zero-order valence-corrected chi connectivity index (χ0v) is 23.5. The number of amides is 3. The van der Waals surface area contributed by atoms with Gasteiger partial charge in [-0.25, -0.2) is 4.79 Å². The number of rotatable bonds is 13. The van der Waals surface area contributed by atoms with Crippen LogP contribution in [0.4, 0.5) is 4.79 Å². The molecule has 0 aliphatic heterocycles. The summed E-state index contributed by atoms with van der Waals surface area (Å²) in [6, 6.07) is 5.91. The third-order valence-corrected chi connectivity index (χ3v) is 6.54. The lowest BCUT2D eigenvalue weighted by molar-refractivity contribution is -0.143. The van der Waals surface area contributed by atoms with Crippen molar-refractivity contribution in [3.63, 3.8) is 0 Å². The van der Waals surface area contributed by atoms with E-state index in [0.717, 1.165) is 36.8 Å². The molecule has 1 aliphatic rings. The van der Waals surface area contributed by atoms with Crippen LogP contribution >= 0.6 is 11.8 Å². The van der Waals surface area contributed by atoms with Crippen LogP contribution in [-0.4, -0.2) is 58.5 Å². The Morgan fingerprint density at radius 1 is 1.22 bits per heavy atom. The maximum absolute atomic E-state index is 14.1. The monoisotopic (exact) mass is 517 g/mol. The second-order valence-corrected chi connectivity index (χ2v) is 11.4. The van der Waals surface area contributed by atoms with Crippen molar-refractivity contribution in [1.29, 1.82) is 0 Å². The first kappa shape index (κ1) is 29.7. The molecule has 2 N–H and O–H groups in total. The maximum atomic E-state index is 14.1. The molecule has 2 rings (SSSR count). The third kappa shape index (κ3) is 9.19. The average Bonchev–Trinajstić information content (AvgIpc) is 3.63. The van der Waals surface area contributed by atoms with E-state index >= 15 is 0 Å². The van der Waals surface area contributed by atoms with Crippen molar-refractivity contribution >= 4 is 35.7 Å². The number of ether oxygens (including phenoxy) is 1. The predicted molar refractivity (Wildman–Crippen MR) is 148 cm³/mol. The fraction of sp³-hybridized carbons (Fsp3) is 0.607. The molecule has 1 aliphatic carbocycles. The Morgan fingerprint density at radius 2 is 1.92 bits per heavy atom. The van der Waals surface area contributed by atoms with Gasteiger partial charge in [-0.1, -0.05) is 44.2 Å². The van der Waals surface area contributed by atoms with Crippen LogP contribution in [0.5, 0.6) is 0 Å². The lowest BCUT2D eigenvalue weighted by Crippen LogP contribution is -2.54. The minimum atomic E-state index is -0.804. The van der Waals surface area contributed by atoms with Crippen LogP contribution in [0.25, 0.3) is 6.08 Å². The molecule has 3 amide bonds. The summed E-state index contributed by atoms with van der Waals surface area (Å²) in [5.41, 5.74) is 0.923. The highest BCUT2D eigenvalue weighted by Gasteiger charge is 2.44. The summed E-state index contributed by atoms with van der Waals surface area (Å²) in [4.78, 5) is 42.1. The zero-order chi connectivity index (χ0) is 26.9. The van der Waals surface area contributed by atoms with Crippen LogP contribution in [0.1, 0.15) is 83.9 Å². The van der Waals surface area contributed by atoms with Crippen molar-refractivity contribution in [2.45, 2.75) is 96.5 Å². The molecule has 0 heterocycles. The first-order valence-corrected chi connectivity index (χ1v) is 14.2. The normalized spacial score (nSPS) is 15.8. The van der Waals surface area contributed by atoms with E-state index in [1.54, 1.807) is 43.5 Å². The second kappa shape index (κ2) is 13.7. The fourth-order valence-corrected chi connectivity index (χ4v) is 4.59. The van der Waals surface area contributed by atoms with Gasteiger partial charge in [0.05, 0.1) is 0 Å². The first-order valence-electron chi connectivity index (χ1n) is 12.8. The molecule has 8 heteroatoms. The molecule has 0 spiro atoms. The summed E-state index contributed by atoms with van der Waals surface area (Å²) in [5, 5.41) is 5.90. The van der Waals surface area contributed by atoms with Gasteiger partial charge in [-0.15, -0.1) is 0 Å². The van der Waals surface area contributed by atoms with Crippen molar-refractivity contribution in [2.24, 2.45) is 0 Å². The Kier molecular flexibility index (Phi) is 11.3. The number of hydrogen-bond acceptors (Lipinski definition) is 5. The van der Waals surface area contributed by atoms with Gasteiger partial charge in [0, 0.05) is 12.1 Å². The van der Waals surface area contributed by atoms with Gasteiger partial charge in [-0.2, -0.15) is 11.8 Å². The van der Waals surface area contributed by atoms with Gasteiger partial charge in [0.2, 0.25) is 11.8 Å². The van der Waals surface area contributed by atoms with Crippen molar-refractivity contribution in [2.75, 3.05) is 12.0 Å². The predicted octanol–water partition coefficient (Wildman–Crippen LogP) is 5.31. The highest BCUT2D eigenvalue weighted by Crippen LogP contribution is 2.36. The number of carbonyl (C=O) groups excluding carboxylic acids is 3. The molecular formula is C28H43N3O4S. The van der Waals surface area contributed by atoms with Gasteiger partial charge in [0.25, 0.3) is 0 Å². The zero-order valence-electron chi connectivity index (χ0n) is 22.6. The molecule has 1 aromatic carbocycles. The maximum Gasteiger partial charge on any atom is 0.408 e. The van der Waals surface area contributed by atoms with Crippen LogP contribution in [0, 0.1) is 0 Å². The minimum Gasteiger partial charge on any atom is -0.444 e. The Bertz CT molecular complexity index is 910. The molecule has 0 radical (unpaired) electrons. The number of nitrogens with one attached hydrogen (secondary N) is 2. The lowest BCUT2D eigenvalue weighted by Gasteiger charge is -2.35. The van der Waals surface area contributed by atoms with Crippen LogP contribution in [-0.2, 0) is 14.3 Å². The molecule has 3 atom stereocenters. The Labute approximate surface area is 220 Å². The molecule has 36 heavy (non-hydrogen) atoms. The average molecular weight is 518 g/mol. The molecule has 0 aromatic heterocycles. The summed E-state index contributed by atoms with van der Waals surface area (Å²) < 4.78 is 5.44. The topological polar surface area (TPSA) is 87.7 Å². The van der Waals surface area contributed by atoms with E-state index in [1.807, 2.05) is 37.4 Å². The Morgan fingerprint density at radius 3 is 2.47 bits per heavy atom. The Balaban J connectivity index is 2.45. The molecular weight excluding hydrogens is 474 g/mol. The number of carbonyl (C=O) groups is 3. The smallest absolute Gasteiger partial charge is 0.408 e. The van der Waals surface area contributed by atoms with Crippen LogP contribution in [0.15, 0.2) is 30.8 Å². The van der Waals surface area contributed by atoms with Gasteiger partial charge in [0.15, 0.2) is 0 Å². The van der Waals surface area contributed by atoms with E-state index in [-0.39, 0.29) is 23.9 Å². The van der Waals surface area contributed by atoms with E-state index < -0.39 is 23.8 Å².